The molecule has 43 heavy (non-hydrogen) atoms. The number of phenols is 2. The minimum Gasteiger partial charge on any atom is -0.508 e. The number of halogens is 1. The van der Waals surface area contributed by atoms with Gasteiger partial charge in [0.15, 0.2) is 0 Å². The van der Waals surface area contributed by atoms with E-state index in [0.29, 0.717) is 41.7 Å². The van der Waals surface area contributed by atoms with Crippen molar-refractivity contribution in [2.75, 3.05) is 41.5 Å². The van der Waals surface area contributed by atoms with Gasteiger partial charge in [-0.25, -0.2) is 4.98 Å². The second kappa shape index (κ2) is 12.6. The Morgan fingerprint density at radius 1 is 0.767 bits per heavy atom. The number of pyridine rings is 1. The predicted molar refractivity (Wildman–Crippen MR) is 171 cm³/mol. The maximum Gasteiger partial charge on any atom is 0.233 e. The lowest BCUT2D eigenvalue weighted by Crippen LogP contribution is -2.24. The zero-order valence-electron chi connectivity index (χ0n) is 23.7. The van der Waals surface area contributed by atoms with E-state index < -0.39 is 0 Å². The molecule has 0 amide bonds. The molecule has 1 saturated carbocycles. The number of fused-ring (bicyclic) bond motifs is 2. The van der Waals surface area contributed by atoms with E-state index in [9.17, 15) is 10.2 Å². The van der Waals surface area contributed by atoms with Crippen LogP contribution in [0.25, 0.3) is 21.8 Å². The fourth-order valence-electron chi connectivity index (χ4n) is 5.38. The fourth-order valence-corrected chi connectivity index (χ4v) is 5.54. The molecule has 12 heteroatoms. The van der Waals surface area contributed by atoms with Gasteiger partial charge in [-0.05, 0) is 49.2 Å². The molecule has 1 aliphatic carbocycles. The molecule has 11 nitrogen and oxygen atoms in total. The van der Waals surface area contributed by atoms with E-state index in [-0.39, 0.29) is 17.4 Å². The van der Waals surface area contributed by atoms with Gasteiger partial charge in [-0.2, -0.15) is 15.0 Å². The highest BCUT2D eigenvalue weighted by Gasteiger charge is 2.16. The average molecular weight is 601 g/mol. The molecule has 0 saturated heterocycles. The predicted octanol–water partition coefficient (Wildman–Crippen LogP) is 6.66. The van der Waals surface area contributed by atoms with Crippen LogP contribution in [0.5, 0.6) is 17.2 Å². The summed E-state index contributed by atoms with van der Waals surface area (Å²) >= 11 is 6.27. The molecule has 1 fully saturated rings. The van der Waals surface area contributed by atoms with Gasteiger partial charge in [-0.1, -0.05) is 30.9 Å². The number of anilines is 5. The Morgan fingerprint density at radius 3 is 2.30 bits per heavy atom. The van der Waals surface area contributed by atoms with Crippen LogP contribution in [0.3, 0.4) is 0 Å². The second-order valence-corrected chi connectivity index (χ2v) is 11.0. The number of phenolic OH excluding ortho intramolecular Hbond substituents is 2. The Hall–Kier alpha value is -4.77. The molecule has 6 rings (SSSR count). The van der Waals surface area contributed by atoms with Gasteiger partial charge in [0, 0.05) is 58.8 Å². The summed E-state index contributed by atoms with van der Waals surface area (Å²) in [5, 5.41) is 35.7. The molecule has 0 aliphatic heterocycles. The highest BCUT2D eigenvalue weighted by atomic mass is 35.5. The lowest BCUT2D eigenvalue weighted by molar-refractivity contribution is 0.415. The molecule has 0 atom stereocenters. The molecule has 2 aromatic heterocycles. The molecule has 3 aromatic carbocycles. The first-order chi connectivity index (χ1) is 20.9. The number of benzene rings is 3. The van der Waals surface area contributed by atoms with Crippen molar-refractivity contribution in [2.45, 2.75) is 38.1 Å². The maximum absolute atomic E-state index is 9.91. The van der Waals surface area contributed by atoms with Crippen molar-refractivity contribution >= 4 is 62.6 Å². The summed E-state index contributed by atoms with van der Waals surface area (Å²) in [6, 6.07) is 16.0. The van der Waals surface area contributed by atoms with Crippen molar-refractivity contribution in [3.8, 4) is 17.2 Å². The van der Waals surface area contributed by atoms with Crippen LogP contribution in [0.2, 0.25) is 5.02 Å². The average Bonchev–Trinajstić information content (AvgIpc) is 2.98. The summed E-state index contributed by atoms with van der Waals surface area (Å²) in [5.41, 5.74) is 3.01. The van der Waals surface area contributed by atoms with Crippen LogP contribution in [-0.4, -0.2) is 56.4 Å². The summed E-state index contributed by atoms with van der Waals surface area (Å²) in [6.45, 7) is 1.05. The van der Waals surface area contributed by atoms with E-state index >= 15 is 0 Å². The van der Waals surface area contributed by atoms with Gasteiger partial charge in [-0.3, -0.25) is 0 Å². The molecule has 0 spiro atoms. The number of nitrogens with zero attached hydrogens (tertiary/aromatic N) is 4. The molecule has 1 aliphatic rings. The minimum absolute atomic E-state index is 0.0717. The molecule has 0 unspecified atom stereocenters. The first-order valence-electron chi connectivity index (χ1n) is 14.3. The zero-order valence-corrected chi connectivity index (χ0v) is 24.4. The number of ether oxygens (including phenoxy) is 1. The standard InChI is InChI=1S/C31H33ClN8O3/c1-43-23-8-10-26-25(17-23)28(24-9-7-18(32)13-27(24)37-26)33-11-12-34-29-38-30(35-19-5-3-2-4-6-19)40-31(39-29)36-20-14-21(41)16-22(42)15-20/h7-10,13-17,19,41-42H,2-6,11-12H2,1H3,(H,33,37)(H3,34,35,36,38,39,40). The molecular weight excluding hydrogens is 568 g/mol. The normalized spacial score (nSPS) is 13.6. The summed E-state index contributed by atoms with van der Waals surface area (Å²) in [4.78, 5) is 18.5. The Bertz CT molecular complexity index is 1740. The Balaban J connectivity index is 1.22. The van der Waals surface area contributed by atoms with Gasteiger partial charge in [-0.15, -0.1) is 0 Å². The Morgan fingerprint density at radius 2 is 1.51 bits per heavy atom. The van der Waals surface area contributed by atoms with Crippen LogP contribution < -0.4 is 26.0 Å². The van der Waals surface area contributed by atoms with Gasteiger partial charge in [0.05, 0.1) is 23.8 Å². The summed E-state index contributed by atoms with van der Waals surface area (Å²) in [6.07, 6.45) is 5.70. The number of methoxy groups -OCH3 is 1. The lowest BCUT2D eigenvalue weighted by Gasteiger charge is -2.23. The number of hydrogen-bond donors (Lipinski definition) is 6. The van der Waals surface area contributed by atoms with E-state index in [0.717, 1.165) is 46.1 Å². The molecule has 2 heterocycles. The van der Waals surface area contributed by atoms with Gasteiger partial charge in [0.1, 0.15) is 17.2 Å². The number of hydrogen-bond acceptors (Lipinski definition) is 11. The largest absolute Gasteiger partial charge is 0.508 e. The molecular formula is C31H33ClN8O3. The van der Waals surface area contributed by atoms with Crippen LogP contribution in [0.1, 0.15) is 32.1 Å². The van der Waals surface area contributed by atoms with E-state index in [2.05, 4.69) is 36.2 Å². The van der Waals surface area contributed by atoms with E-state index in [4.69, 9.17) is 21.3 Å². The van der Waals surface area contributed by atoms with Crippen molar-refractivity contribution < 1.29 is 14.9 Å². The Labute approximate surface area is 253 Å². The topological polar surface area (TPSA) is 149 Å². The highest BCUT2D eigenvalue weighted by molar-refractivity contribution is 6.31. The number of aromatic nitrogens is 4. The van der Waals surface area contributed by atoms with Crippen LogP contribution >= 0.6 is 11.6 Å². The van der Waals surface area contributed by atoms with Gasteiger partial charge < -0.3 is 36.2 Å². The molecule has 0 bridgehead atoms. The summed E-state index contributed by atoms with van der Waals surface area (Å²) < 4.78 is 5.47. The van der Waals surface area contributed by atoms with Crippen molar-refractivity contribution in [1.82, 2.24) is 19.9 Å². The molecule has 222 valence electrons. The third-order valence-electron chi connectivity index (χ3n) is 7.39. The summed E-state index contributed by atoms with van der Waals surface area (Å²) in [5.74, 6) is 1.73. The quantitative estimate of drug-likeness (QED) is 0.0754. The van der Waals surface area contributed by atoms with Crippen LogP contribution in [0, 0.1) is 0 Å². The van der Waals surface area contributed by atoms with Crippen molar-refractivity contribution in [1.29, 1.82) is 0 Å². The van der Waals surface area contributed by atoms with Crippen LogP contribution in [0.15, 0.2) is 54.6 Å². The smallest absolute Gasteiger partial charge is 0.233 e. The van der Waals surface area contributed by atoms with Crippen molar-refractivity contribution in [3.05, 3.63) is 59.6 Å². The lowest BCUT2D eigenvalue weighted by atomic mass is 9.96. The monoisotopic (exact) mass is 600 g/mol. The summed E-state index contributed by atoms with van der Waals surface area (Å²) in [7, 11) is 1.64. The number of aromatic hydroxyl groups is 2. The van der Waals surface area contributed by atoms with Gasteiger partial charge in [0.2, 0.25) is 17.8 Å². The molecule has 0 radical (unpaired) electrons. The van der Waals surface area contributed by atoms with E-state index in [1.54, 1.807) is 7.11 Å². The van der Waals surface area contributed by atoms with E-state index in [1.165, 1.54) is 37.5 Å². The fraction of sp³-hybridized carbons (Fsp3) is 0.290. The van der Waals surface area contributed by atoms with Crippen molar-refractivity contribution in [3.63, 3.8) is 0 Å². The Kier molecular flexibility index (Phi) is 8.32. The minimum atomic E-state index is -0.0717. The molecule has 5 aromatic rings. The SMILES string of the molecule is COc1ccc2nc3cc(Cl)ccc3c(NCCNc3nc(Nc4cc(O)cc(O)c4)nc(NC4CCCCC4)n3)c2c1. The van der Waals surface area contributed by atoms with Crippen molar-refractivity contribution in [2.24, 2.45) is 0 Å². The van der Waals surface area contributed by atoms with Gasteiger partial charge >= 0.3 is 0 Å². The van der Waals surface area contributed by atoms with Gasteiger partial charge in [0.25, 0.3) is 0 Å². The number of rotatable bonds is 10. The van der Waals surface area contributed by atoms with E-state index in [1.807, 2.05) is 36.4 Å². The first kappa shape index (κ1) is 28.4. The zero-order chi connectivity index (χ0) is 29.8. The first-order valence-corrected chi connectivity index (χ1v) is 14.7. The second-order valence-electron chi connectivity index (χ2n) is 10.5. The highest BCUT2D eigenvalue weighted by Crippen LogP contribution is 2.34. The molecule has 6 N–H and O–H groups in total. The third kappa shape index (κ3) is 6.83. The third-order valence-corrected chi connectivity index (χ3v) is 7.62. The van der Waals surface area contributed by atoms with Crippen LogP contribution in [-0.2, 0) is 0 Å². The maximum atomic E-state index is 9.91. The number of nitrogens with one attached hydrogen (secondary N) is 4. The van der Waals surface area contributed by atoms with Crippen LogP contribution in [0.4, 0.5) is 29.2 Å².